The van der Waals surface area contributed by atoms with Crippen LogP contribution in [0.3, 0.4) is 0 Å². The summed E-state index contributed by atoms with van der Waals surface area (Å²) in [5.41, 5.74) is 1.19. The zero-order chi connectivity index (χ0) is 13.0. The molecule has 1 aromatic carbocycles. The van der Waals surface area contributed by atoms with Gasteiger partial charge in [-0.15, -0.1) is 0 Å². The van der Waals surface area contributed by atoms with Crippen molar-refractivity contribution in [2.24, 2.45) is 5.92 Å². The van der Waals surface area contributed by atoms with E-state index in [0.29, 0.717) is 0 Å². The maximum Gasteiger partial charge on any atom is 0.0650 e. The monoisotopic (exact) mass is 378 g/mol. The lowest BCUT2D eigenvalue weighted by atomic mass is 10.1. The first kappa shape index (κ1) is 14.4. The lowest BCUT2D eigenvalue weighted by Crippen LogP contribution is -2.26. The summed E-state index contributed by atoms with van der Waals surface area (Å²) >= 11 is 8.62. The zero-order valence-corrected chi connectivity index (χ0v) is 13.7. The van der Waals surface area contributed by atoms with Gasteiger partial charge in [-0.3, -0.25) is 0 Å². The average Bonchev–Trinajstić information content (AvgIpc) is 2.78. The van der Waals surface area contributed by atoms with Gasteiger partial charge in [0, 0.05) is 16.7 Å². The van der Waals surface area contributed by atoms with Crippen molar-refractivity contribution in [2.45, 2.75) is 19.8 Å². The Morgan fingerprint density at radius 2 is 2.33 bits per heavy atom. The Balaban J connectivity index is 1.91. The molecular formula is C14H20ClIN2. The topological polar surface area (TPSA) is 15.3 Å². The van der Waals surface area contributed by atoms with Gasteiger partial charge in [0.2, 0.25) is 0 Å². The molecule has 2 rings (SSSR count). The van der Waals surface area contributed by atoms with Gasteiger partial charge >= 0.3 is 0 Å². The van der Waals surface area contributed by atoms with Gasteiger partial charge in [-0.2, -0.15) is 0 Å². The van der Waals surface area contributed by atoms with Crippen molar-refractivity contribution in [3.63, 3.8) is 0 Å². The zero-order valence-electron chi connectivity index (χ0n) is 10.8. The standard InChI is InChI=1S/C14H20ClIN2/c1-2-6-17-9-11-5-7-18(10-11)14-4-3-12(16)8-13(14)15/h3-4,8,11,17H,2,5-7,9-10H2,1H3. The Hall–Kier alpha value is -0.0000000000000000555. The van der Waals surface area contributed by atoms with Crippen LogP contribution < -0.4 is 10.2 Å². The van der Waals surface area contributed by atoms with E-state index in [1.165, 1.54) is 22.1 Å². The predicted octanol–water partition coefficient (Wildman–Crippen LogP) is 3.77. The molecule has 4 heteroatoms. The van der Waals surface area contributed by atoms with Gasteiger partial charge < -0.3 is 10.2 Å². The third-order valence-corrected chi connectivity index (χ3v) is 4.37. The van der Waals surface area contributed by atoms with Crippen molar-refractivity contribution in [3.8, 4) is 0 Å². The molecule has 18 heavy (non-hydrogen) atoms. The fourth-order valence-corrected chi connectivity index (χ4v) is 3.41. The third-order valence-electron chi connectivity index (χ3n) is 3.40. The Morgan fingerprint density at radius 1 is 1.50 bits per heavy atom. The van der Waals surface area contributed by atoms with E-state index in [0.717, 1.165) is 37.1 Å². The summed E-state index contributed by atoms with van der Waals surface area (Å²) in [5, 5.41) is 4.39. The third kappa shape index (κ3) is 3.75. The number of rotatable bonds is 5. The molecule has 100 valence electrons. The highest BCUT2D eigenvalue weighted by atomic mass is 127. The van der Waals surface area contributed by atoms with E-state index in [-0.39, 0.29) is 0 Å². The van der Waals surface area contributed by atoms with Crippen molar-refractivity contribution in [2.75, 3.05) is 31.1 Å². The van der Waals surface area contributed by atoms with Crippen LogP contribution in [0, 0.1) is 9.49 Å². The molecule has 1 atom stereocenters. The van der Waals surface area contributed by atoms with E-state index in [9.17, 15) is 0 Å². The number of hydrogen-bond acceptors (Lipinski definition) is 2. The minimum absolute atomic E-state index is 0.756. The van der Waals surface area contributed by atoms with Crippen LogP contribution >= 0.6 is 34.2 Å². The van der Waals surface area contributed by atoms with Crippen LogP contribution in [0.5, 0.6) is 0 Å². The van der Waals surface area contributed by atoms with Gasteiger partial charge in [-0.1, -0.05) is 18.5 Å². The largest absolute Gasteiger partial charge is 0.370 e. The molecule has 2 nitrogen and oxygen atoms in total. The van der Waals surface area contributed by atoms with Gasteiger partial charge in [0.15, 0.2) is 0 Å². The molecule has 0 aliphatic carbocycles. The molecule has 1 fully saturated rings. The quantitative estimate of drug-likeness (QED) is 0.620. The summed E-state index contributed by atoms with van der Waals surface area (Å²) in [6.07, 6.45) is 2.47. The molecule has 1 saturated heterocycles. The van der Waals surface area contributed by atoms with E-state index in [4.69, 9.17) is 11.6 Å². The molecule has 1 heterocycles. The first-order valence-electron chi connectivity index (χ1n) is 6.61. The van der Waals surface area contributed by atoms with Gasteiger partial charge in [-0.05, 0) is 72.6 Å². The van der Waals surface area contributed by atoms with Crippen molar-refractivity contribution in [3.05, 3.63) is 26.8 Å². The highest BCUT2D eigenvalue weighted by molar-refractivity contribution is 14.1. The smallest absolute Gasteiger partial charge is 0.0650 e. The van der Waals surface area contributed by atoms with Crippen molar-refractivity contribution < 1.29 is 0 Å². The number of benzene rings is 1. The van der Waals surface area contributed by atoms with Crippen LogP contribution in [0.1, 0.15) is 19.8 Å². The Labute approximate surface area is 128 Å². The van der Waals surface area contributed by atoms with Crippen molar-refractivity contribution >= 4 is 39.9 Å². The summed E-state index contributed by atoms with van der Waals surface area (Å²) in [7, 11) is 0. The number of anilines is 1. The molecule has 1 aliphatic heterocycles. The molecule has 1 unspecified atom stereocenters. The molecule has 1 N–H and O–H groups in total. The summed E-state index contributed by atoms with van der Waals surface area (Å²) in [5.74, 6) is 0.756. The first-order chi connectivity index (χ1) is 8.70. The Bertz CT molecular complexity index is 397. The molecule has 0 saturated carbocycles. The SMILES string of the molecule is CCCNCC1CCN(c2ccc(I)cc2Cl)C1. The summed E-state index contributed by atoms with van der Waals surface area (Å²) in [4.78, 5) is 2.41. The van der Waals surface area contributed by atoms with E-state index in [1.807, 2.05) is 6.07 Å². The maximum atomic E-state index is 6.32. The normalized spacial score (nSPS) is 19.5. The lowest BCUT2D eigenvalue weighted by Gasteiger charge is -2.20. The van der Waals surface area contributed by atoms with Crippen LogP contribution in [0.15, 0.2) is 18.2 Å². The van der Waals surface area contributed by atoms with Crippen molar-refractivity contribution in [1.82, 2.24) is 5.32 Å². The highest BCUT2D eigenvalue weighted by Crippen LogP contribution is 2.31. The van der Waals surface area contributed by atoms with Crippen LogP contribution in [0.2, 0.25) is 5.02 Å². The predicted molar refractivity (Wildman–Crippen MR) is 87.6 cm³/mol. The Kier molecular flexibility index (Phi) is 5.57. The fraction of sp³-hybridized carbons (Fsp3) is 0.571. The van der Waals surface area contributed by atoms with Gasteiger partial charge in [-0.25, -0.2) is 0 Å². The van der Waals surface area contributed by atoms with E-state index < -0.39 is 0 Å². The first-order valence-corrected chi connectivity index (χ1v) is 8.07. The number of hydrogen-bond donors (Lipinski definition) is 1. The molecule has 0 bridgehead atoms. The summed E-state index contributed by atoms with van der Waals surface area (Å²) in [6.45, 7) is 6.71. The number of nitrogens with zero attached hydrogens (tertiary/aromatic N) is 1. The van der Waals surface area contributed by atoms with Crippen LogP contribution in [-0.4, -0.2) is 26.2 Å². The molecule has 0 amide bonds. The maximum absolute atomic E-state index is 6.32. The van der Waals surface area contributed by atoms with E-state index in [1.54, 1.807) is 0 Å². The Morgan fingerprint density at radius 3 is 3.06 bits per heavy atom. The molecule has 1 aromatic rings. The summed E-state index contributed by atoms with van der Waals surface area (Å²) < 4.78 is 1.20. The van der Waals surface area contributed by atoms with Crippen molar-refractivity contribution in [1.29, 1.82) is 0 Å². The molecule has 1 aliphatic rings. The van der Waals surface area contributed by atoms with Gasteiger partial charge in [0.05, 0.1) is 10.7 Å². The van der Waals surface area contributed by atoms with E-state index >= 15 is 0 Å². The molecule has 0 spiro atoms. The minimum Gasteiger partial charge on any atom is -0.370 e. The highest BCUT2D eigenvalue weighted by Gasteiger charge is 2.23. The number of halogens is 2. The second-order valence-corrected chi connectivity index (χ2v) is 6.55. The van der Waals surface area contributed by atoms with Crippen LogP contribution in [0.4, 0.5) is 5.69 Å². The average molecular weight is 379 g/mol. The summed E-state index contributed by atoms with van der Waals surface area (Å²) in [6, 6.07) is 6.32. The van der Waals surface area contributed by atoms with Crippen LogP contribution in [-0.2, 0) is 0 Å². The molecular weight excluding hydrogens is 359 g/mol. The molecule has 0 radical (unpaired) electrons. The molecule has 0 aromatic heterocycles. The van der Waals surface area contributed by atoms with E-state index in [2.05, 4.69) is 51.9 Å². The van der Waals surface area contributed by atoms with Crippen LogP contribution in [0.25, 0.3) is 0 Å². The second kappa shape index (κ2) is 6.96. The van der Waals surface area contributed by atoms with Gasteiger partial charge in [0.1, 0.15) is 0 Å². The number of nitrogens with one attached hydrogen (secondary N) is 1. The van der Waals surface area contributed by atoms with Gasteiger partial charge in [0.25, 0.3) is 0 Å². The lowest BCUT2D eigenvalue weighted by molar-refractivity contribution is 0.516. The second-order valence-electron chi connectivity index (χ2n) is 4.90. The minimum atomic E-state index is 0.756. The fourth-order valence-electron chi connectivity index (χ4n) is 2.44.